The number of carbonyl (C=O) groups excluding carboxylic acids is 2. The van der Waals surface area contributed by atoms with Crippen molar-refractivity contribution in [1.82, 2.24) is 9.78 Å². The van der Waals surface area contributed by atoms with Crippen LogP contribution in [0.15, 0.2) is 59.4 Å². The van der Waals surface area contributed by atoms with E-state index in [9.17, 15) is 27.6 Å². The van der Waals surface area contributed by atoms with Crippen LogP contribution in [0.2, 0.25) is 0 Å². The zero-order valence-corrected chi connectivity index (χ0v) is 17.2. The van der Waals surface area contributed by atoms with Crippen LogP contribution >= 0.6 is 0 Å². The number of nitrogens with one attached hydrogen (secondary N) is 2. The van der Waals surface area contributed by atoms with E-state index in [1.54, 1.807) is 12.1 Å². The van der Waals surface area contributed by atoms with Crippen LogP contribution in [0.5, 0.6) is 0 Å². The fourth-order valence-electron chi connectivity index (χ4n) is 2.81. The molecule has 0 aliphatic rings. The molecule has 0 saturated carbocycles. The zero-order valence-electron chi connectivity index (χ0n) is 17.2. The second-order valence-electron chi connectivity index (χ2n) is 7.09. The predicted octanol–water partition coefficient (Wildman–Crippen LogP) is 3.77. The van der Waals surface area contributed by atoms with Crippen molar-refractivity contribution in [1.29, 1.82) is 0 Å². The first-order valence-corrected chi connectivity index (χ1v) is 9.47. The van der Waals surface area contributed by atoms with Gasteiger partial charge in [-0.3, -0.25) is 14.4 Å². The number of hydrogen-bond donors (Lipinski definition) is 2. The van der Waals surface area contributed by atoms with Crippen LogP contribution in [0, 0.1) is 13.8 Å². The minimum Gasteiger partial charge on any atom is -0.324 e. The summed E-state index contributed by atoms with van der Waals surface area (Å²) in [5.74, 6) is -1.36. The van der Waals surface area contributed by atoms with E-state index < -0.39 is 35.7 Å². The fraction of sp³-hybridized carbons (Fsp3) is 0.182. The van der Waals surface area contributed by atoms with Crippen LogP contribution in [-0.4, -0.2) is 21.6 Å². The van der Waals surface area contributed by atoms with E-state index in [4.69, 9.17) is 0 Å². The average Bonchev–Trinajstić information content (AvgIpc) is 2.72. The van der Waals surface area contributed by atoms with Crippen molar-refractivity contribution in [2.45, 2.75) is 26.6 Å². The minimum absolute atomic E-state index is 0.0819. The number of hydrogen-bond acceptors (Lipinski definition) is 4. The second kappa shape index (κ2) is 9.04. The minimum atomic E-state index is -4.56. The number of carbonyl (C=O) groups is 2. The lowest BCUT2D eigenvalue weighted by Gasteiger charge is -2.11. The first-order valence-electron chi connectivity index (χ1n) is 9.47. The Morgan fingerprint density at radius 1 is 0.938 bits per heavy atom. The fourth-order valence-corrected chi connectivity index (χ4v) is 2.81. The van der Waals surface area contributed by atoms with Gasteiger partial charge >= 0.3 is 6.18 Å². The lowest BCUT2D eigenvalue weighted by molar-refractivity contribution is -0.137. The van der Waals surface area contributed by atoms with Gasteiger partial charge in [0, 0.05) is 17.4 Å². The first kappa shape index (κ1) is 22.7. The van der Waals surface area contributed by atoms with Crippen LogP contribution in [-0.2, 0) is 17.5 Å². The number of amides is 2. The molecule has 166 valence electrons. The van der Waals surface area contributed by atoms with E-state index >= 15 is 0 Å². The second-order valence-corrected chi connectivity index (χ2v) is 7.09. The monoisotopic (exact) mass is 444 g/mol. The molecule has 2 amide bonds. The zero-order chi connectivity index (χ0) is 23.5. The average molecular weight is 444 g/mol. The molecule has 0 aliphatic heterocycles. The van der Waals surface area contributed by atoms with Crippen LogP contribution < -0.4 is 16.2 Å². The van der Waals surface area contributed by atoms with Gasteiger partial charge in [0.05, 0.1) is 5.56 Å². The summed E-state index contributed by atoms with van der Waals surface area (Å²) < 4.78 is 39.2. The summed E-state index contributed by atoms with van der Waals surface area (Å²) in [5, 5.41) is 8.85. The van der Waals surface area contributed by atoms with Crippen molar-refractivity contribution in [2.75, 3.05) is 10.6 Å². The molecule has 0 atom stereocenters. The molecule has 10 heteroatoms. The maximum atomic E-state index is 12.8. The molecular weight excluding hydrogens is 425 g/mol. The maximum absolute atomic E-state index is 12.8. The highest BCUT2D eigenvalue weighted by atomic mass is 19.4. The molecule has 3 rings (SSSR count). The molecular formula is C22H19F3N4O3. The third-order valence-electron chi connectivity index (χ3n) is 4.63. The number of aryl methyl sites for hydroxylation is 2. The highest BCUT2D eigenvalue weighted by molar-refractivity contribution is 6.02. The van der Waals surface area contributed by atoms with Crippen LogP contribution in [0.3, 0.4) is 0 Å². The standard InChI is InChI=1S/C22H19F3N4O3/c1-13-6-7-17(10-14(13)2)27-21(32)18-8-9-20(31)29(28-18)12-19(30)26-16-5-3-4-15(11-16)22(23,24)25/h3-11H,12H2,1-2H3,(H,26,30)(H,27,32). The molecule has 1 heterocycles. The third kappa shape index (κ3) is 5.60. The molecule has 0 saturated heterocycles. The number of anilines is 2. The lowest BCUT2D eigenvalue weighted by atomic mass is 10.1. The molecule has 1 aromatic heterocycles. The molecule has 0 spiro atoms. The molecule has 32 heavy (non-hydrogen) atoms. The topological polar surface area (TPSA) is 93.1 Å². The maximum Gasteiger partial charge on any atom is 0.416 e. The Kier molecular flexibility index (Phi) is 6.42. The Balaban J connectivity index is 1.73. The predicted molar refractivity (Wildman–Crippen MR) is 112 cm³/mol. The van der Waals surface area contributed by atoms with Crippen LogP contribution in [0.25, 0.3) is 0 Å². The molecule has 0 unspecified atom stereocenters. The van der Waals surface area contributed by atoms with Crippen molar-refractivity contribution >= 4 is 23.2 Å². The van der Waals surface area contributed by atoms with Crippen molar-refractivity contribution in [3.8, 4) is 0 Å². The van der Waals surface area contributed by atoms with E-state index in [1.165, 1.54) is 12.1 Å². The highest BCUT2D eigenvalue weighted by Crippen LogP contribution is 2.30. The van der Waals surface area contributed by atoms with E-state index in [0.717, 1.165) is 40.1 Å². The lowest BCUT2D eigenvalue weighted by Crippen LogP contribution is -2.31. The number of nitrogens with zero attached hydrogens (tertiary/aromatic N) is 2. The summed E-state index contributed by atoms with van der Waals surface area (Å²) in [5.41, 5.74) is 0.826. The van der Waals surface area contributed by atoms with Gasteiger partial charge in [0.2, 0.25) is 5.91 Å². The number of alkyl halides is 3. The van der Waals surface area contributed by atoms with Crippen LogP contribution in [0.4, 0.5) is 24.5 Å². The van der Waals surface area contributed by atoms with Gasteiger partial charge in [-0.15, -0.1) is 0 Å². The molecule has 2 aromatic carbocycles. The highest BCUT2D eigenvalue weighted by Gasteiger charge is 2.30. The van der Waals surface area contributed by atoms with Crippen molar-refractivity contribution in [3.63, 3.8) is 0 Å². The first-order chi connectivity index (χ1) is 15.0. The quantitative estimate of drug-likeness (QED) is 0.627. The van der Waals surface area contributed by atoms with Gasteiger partial charge in [0.1, 0.15) is 12.2 Å². The van der Waals surface area contributed by atoms with Gasteiger partial charge in [-0.1, -0.05) is 12.1 Å². The Hall–Kier alpha value is -3.95. The molecule has 7 nitrogen and oxygen atoms in total. The van der Waals surface area contributed by atoms with E-state index in [2.05, 4.69) is 15.7 Å². The van der Waals surface area contributed by atoms with E-state index in [-0.39, 0.29) is 11.4 Å². The van der Waals surface area contributed by atoms with E-state index in [1.807, 2.05) is 19.9 Å². The van der Waals surface area contributed by atoms with Gasteiger partial charge in [-0.25, -0.2) is 4.68 Å². The normalized spacial score (nSPS) is 11.2. The number of rotatable bonds is 5. The summed E-state index contributed by atoms with van der Waals surface area (Å²) in [6.45, 7) is 3.25. The SMILES string of the molecule is Cc1ccc(NC(=O)c2ccc(=O)n(CC(=O)Nc3cccc(C(F)(F)F)c3)n2)cc1C. The van der Waals surface area contributed by atoms with E-state index in [0.29, 0.717) is 5.69 Å². The largest absolute Gasteiger partial charge is 0.416 e. The third-order valence-corrected chi connectivity index (χ3v) is 4.63. The Morgan fingerprint density at radius 3 is 2.34 bits per heavy atom. The number of halogens is 3. The van der Waals surface area contributed by atoms with Gasteiger partial charge in [0.15, 0.2) is 0 Å². The van der Waals surface area contributed by atoms with Gasteiger partial charge in [0.25, 0.3) is 11.5 Å². The van der Waals surface area contributed by atoms with Crippen molar-refractivity contribution < 1.29 is 22.8 Å². The Morgan fingerprint density at radius 2 is 1.66 bits per heavy atom. The van der Waals surface area contributed by atoms with Gasteiger partial charge in [-0.05, 0) is 61.4 Å². The Bertz CT molecular complexity index is 1240. The number of benzene rings is 2. The summed E-state index contributed by atoms with van der Waals surface area (Å²) >= 11 is 0. The van der Waals surface area contributed by atoms with Crippen molar-refractivity contribution in [2.24, 2.45) is 0 Å². The molecule has 0 fully saturated rings. The number of aromatic nitrogens is 2. The van der Waals surface area contributed by atoms with Crippen LogP contribution in [0.1, 0.15) is 27.2 Å². The smallest absolute Gasteiger partial charge is 0.324 e. The van der Waals surface area contributed by atoms with Gasteiger partial charge in [-0.2, -0.15) is 18.3 Å². The molecule has 0 radical (unpaired) electrons. The summed E-state index contributed by atoms with van der Waals surface area (Å²) in [6.07, 6.45) is -4.56. The molecule has 2 N–H and O–H groups in total. The summed E-state index contributed by atoms with van der Waals surface area (Å²) in [4.78, 5) is 36.8. The Labute approximate surface area is 180 Å². The van der Waals surface area contributed by atoms with Crippen molar-refractivity contribution in [3.05, 3.63) is 87.3 Å². The molecule has 3 aromatic rings. The van der Waals surface area contributed by atoms with Gasteiger partial charge < -0.3 is 10.6 Å². The summed E-state index contributed by atoms with van der Waals surface area (Å²) in [7, 11) is 0. The molecule has 0 aliphatic carbocycles. The molecule has 0 bridgehead atoms. The summed E-state index contributed by atoms with van der Waals surface area (Å²) in [6, 6.07) is 11.7.